The van der Waals surface area contributed by atoms with Gasteiger partial charge in [0, 0.05) is 17.4 Å². The van der Waals surface area contributed by atoms with Gasteiger partial charge in [0.15, 0.2) is 5.82 Å². The quantitative estimate of drug-likeness (QED) is 0.389. The summed E-state index contributed by atoms with van der Waals surface area (Å²) < 4.78 is 46.1. The summed E-state index contributed by atoms with van der Waals surface area (Å²) in [6.07, 6.45) is -3.25. The van der Waals surface area contributed by atoms with E-state index in [-0.39, 0.29) is 12.0 Å². The molecule has 0 aliphatic heterocycles. The van der Waals surface area contributed by atoms with Gasteiger partial charge < -0.3 is 10.1 Å². The highest BCUT2D eigenvalue weighted by Gasteiger charge is 2.30. The van der Waals surface area contributed by atoms with Gasteiger partial charge in [0.1, 0.15) is 12.1 Å². The van der Waals surface area contributed by atoms with E-state index >= 15 is 0 Å². The Balaban J connectivity index is 1.40. The van der Waals surface area contributed by atoms with Gasteiger partial charge in [0.2, 0.25) is 11.8 Å². The number of anilines is 1. The molecule has 0 atom stereocenters. The lowest BCUT2D eigenvalue weighted by atomic mass is 10.1. The predicted molar refractivity (Wildman–Crippen MR) is 124 cm³/mol. The van der Waals surface area contributed by atoms with E-state index in [1.165, 1.54) is 18.5 Å². The van der Waals surface area contributed by atoms with Crippen molar-refractivity contribution in [1.29, 1.82) is 0 Å². The van der Waals surface area contributed by atoms with Crippen molar-refractivity contribution in [2.24, 2.45) is 0 Å². The molecular weight excluding hydrogens is 459 g/mol. The summed E-state index contributed by atoms with van der Waals surface area (Å²) in [7, 11) is 0. The monoisotopic (exact) mass is 481 g/mol. The van der Waals surface area contributed by atoms with Gasteiger partial charge in [-0.15, -0.1) is 0 Å². The van der Waals surface area contributed by atoms with E-state index < -0.39 is 17.6 Å². The Morgan fingerprint density at radius 3 is 2.43 bits per heavy atom. The summed E-state index contributed by atoms with van der Waals surface area (Å²) in [5, 5.41) is 7.16. The molecule has 2 heterocycles. The van der Waals surface area contributed by atoms with Crippen LogP contribution in [0.4, 0.5) is 18.9 Å². The number of aryl methyl sites for hydroxylation is 1. The van der Waals surface area contributed by atoms with Crippen LogP contribution >= 0.6 is 0 Å². The average molecular weight is 481 g/mol. The number of aromatic nitrogens is 4. The third-order valence-corrected chi connectivity index (χ3v) is 5.48. The normalized spacial score (nSPS) is 11.4. The summed E-state index contributed by atoms with van der Waals surface area (Å²) in [6.45, 7) is 5.88. The number of carbonyl (C=O) groups excluding carboxylic acids is 1. The largest absolute Gasteiger partial charge is 0.439 e. The number of rotatable bonds is 6. The molecule has 2 aromatic carbocycles. The number of carbonyl (C=O) groups is 1. The maximum absolute atomic E-state index is 12.9. The molecule has 35 heavy (non-hydrogen) atoms. The second-order valence-corrected chi connectivity index (χ2v) is 7.97. The summed E-state index contributed by atoms with van der Waals surface area (Å²) in [6, 6.07) is 12.9. The highest BCUT2D eigenvalue weighted by atomic mass is 19.4. The van der Waals surface area contributed by atoms with E-state index in [0.717, 1.165) is 29.1 Å². The highest BCUT2D eigenvalue weighted by molar-refractivity contribution is 5.92. The van der Waals surface area contributed by atoms with Gasteiger partial charge in [-0.2, -0.15) is 18.3 Å². The SMILES string of the molecule is Cc1nn(-c2cc(Oc3ccc(NC(=O)Cc4cccc(C(F)(F)F)c4)cc3)ncn2)c(C)c1C. The number of alkyl halides is 3. The minimum absolute atomic E-state index is 0.183. The topological polar surface area (TPSA) is 81.9 Å². The van der Waals surface area contributed by atoms with Crippen LogP contribution in [0, 0.1) is 20.8 Å². The first-order valence-electron chi connectivity index (χ1n) is 10.7. The number of ether oxygens (including phenoxy) is 1. The van der Waals surface area contributed by atoms with Crippen LogP contribution in [0.15, 0.2) is 60.9 Å². The summed E-state index contributed by atoms with van der Waals surface area (Å²) in [5.74, 6) is 0.942. The van der Waals surface area contributed by atoms with Crippen molar-refractivity contribution in [3.8, 4) is 17.4 Å². The lowest BCUT2D eigenvalue weighted by molar-refractivity contribution is -0.137. The Morgan fingerprint density at radius 1 is 1.03 bits per heavy atom. The van der Waals surface area contributed by atoms with Crippen molar-refractivity contribution >= 4 is 11.6 Å². The summed E-state index contributed by atoms with van der Waals surface area (Å²) in [5.41, 5.74) is 2.93. The third kappa shape index (κ3) is 5.65. The minimum Gasteiger partial charge on any atom is -0.439 e. The van der Waals surface area contributed by atoms with E-state index in [1.54, 1.807) is 35.0 Å². The Kier molecular flexibility index (Phi) is 6.54. The molecule has 7 nitrogen and oxygen atoms in total. The molecule has 1 amide bonds. The lowest BCUT2D eigenvalue weighted by Gasteiger charge is -2.10. The molecule has 0 saturated carbocycles. The number of halogens is 3. The van der Waals surface area contributed by atoms with Crippen molar-refractivity contribution in [2.45, 2.75) is 33.4 Å². The molecule has 4 rings (SSSR count). The molecule has 0 aliphatic carbocycles. The van der Waals surface area contributed by atoms with Gasteiger partial charge in [-0.1, -0.05) is 18.2 Å². The zero-order chi connectivity index (χ0) is 25.2. The molecule has 0 spiro atoms. The van der Waals surface area contributed by atoms with Crippen LogP contribution in [0.5, 0.6) is 11.6 Å². The second kappa shape index (κ2) is 9.57. The molecule has 180 valence electrons. The number of benzene rings is 2. The van der Waals surface area contributed by atoms with Crippen LogP contribution < -0.4 is 10.1 Å². The predicted octanol–water partition coefficient (Wildman–Crippen LogP) is 5.58. The Hall–Kier alpha value is -4.21. The van der Waals surface area contributed by atoms with Crippen molar-refractivity contribution in [3.63, 3.8) is 0 Å². The summed E-state index contributed by atoms with van der Waals surface area (Å²) in [4.78, 5) is 20.7. The molecule has 2 aromatic heterocycles. The van der Waals surface area contributed by atoms with Gasteiger partial charge >= 0.3 is 6.18 Å². The Morgan fingerprint density at radius 2 is 1.77 bits per heavy atom. The van der Waals surface area contributed by atoms with Gasteiger partial charge in [-0.25, -0.2) is 14.6 Å². The van der Waals surface area contributed by atoms with Crippen molar-refractivity contribution < 1.29 is 22.7 Å². The third-order valence-electron chi connectivity index (χ3n) is 5.48. The van der Waals surface area contributed by atoms with Gasteiger partial charge in [0.25, 0.3) is 0 Å². The van der Waals surface area contributed by atoms with Crippen molar-refractivity contribution in [1.82, 2.24) is 19.7 Å². The Bertz CT molecular complexity index is 1360. The van der Waals surface area contributed by atoms with E-state index in [1.807, 2.05) is 20.8 Å². The smallest absolute Gasteiger partial charge is 0.416 e. The molecule has 1 N–H and O–H groups in total. The summed E-state index contributed by atoms with van der Waals surface area (Å²) >= 11 is 0. The zero-order valence-electron chi connectivity index (χ0n) is 19.2. The van der Waals surface area contributed by atoms with E-state index in [4.69, 9.17) is 4.74 Å². The van der Waals surface area contributed by atoms with Crippen molar-refractivity contribution in [3.05, 3.63) is 89.0 Å². The Labute approximate surface area is 199 Å². The number of hydrogen-bond donors (Lipinski definition) is 1. The van der Waals surface area contributed by atoms with Gasteiger partial charge in [0.05, 0.1) is 17.7 Å². The maximum Gasteiger partial charge on any atom is 0.416 e. The molecule has 0 unspecified atom stereocenters. The maximum atomic E-state index is 12.9. The number of amides is 1. The molecule has 0 saturated heterocycles. The molecule has 0 fully saturated rings. The molecule has 0 bridgehead atoms. The minimum atomic E-state index is -4.46. The fraction of sp³-hybridized carbons (Fsp3) is 0.200. The first-order chi connectivity index (χ1) is 16.6. The fourth-order valence-electron chi connectivity index (χ4n) is 3.42. The molecule has 4 aromatic rings. The average Bonchev–Trinajstić information content (AvgIpc) is 3.07. The number of hydrogen-bond acceptors (Lipinski definition) is 5. The van der Waals surface area contributed by atoms with Crippen LogP contribution in [0.3, 0.4) is 0 Å². The molecule has 10 heteroatoms. The molecule has 0 radical (unpaired) electrons. The van der Waals surface area contributed by atoms with Crippen LogP contribution in [-0.4, -0.2) is 25.7 Å². The molecular formula is C25H22F3N5O2. The standard InChI is InChI=1S/C25H22F3N5O2/c1-15-16(2)32-33(17(15)3)22-13-24(30-14-29-22)35-21-9-7-20(8-10-21)31-23(34)12-18-5-4-6-19(11-18)25(26,27)28/h4-11,13-14H,12H2,1-3H3,(H,31,34). The fourth-order valence-corrected chi connectivity index (χ4v) is 3.42. The van der Waals surface area contributed by atoms with Gasteiger partial charge in [-0.05, 0) is 62.2 Å². The van der Waals surface area contributed by atoms with Crippen LogP contribution in [-0.2, 0) is 17.4 Å². The van der Waals surface area contributed by atoms with Crippen LogP contribution in [0.1, 0.15) is 28.1 Å². The zero-order valence-corrected chi connectivity index (χ0v) is 19.2. The highest BCUT2D eigenvalue weighted by Crippen LogP contribution is 2.30. The second-order valence-electron chi connectivity index (χ2n) is 7.97. The first-order valence-corrected chi connectivity index (χ1v) is 10.7. The molecule has 0 aliphatic rings. The van der Waals surface area contributed by atoms with Gasteiger partial charge in [-0.3, -0.25) is 4.79 Å². The van der Waals surface area contributed by atoms with Crippen LogP contribution in [0.2, 0.25) is 0 Å². The van der Waals surface area contributed by atoms with E-state index in [0.29, 0.717) is 23.1 Å². The number of nitrogens with one attached hydrogen (secondary N) is 1. The van der Waals surface area contributed by atoms with Crippen LogP contribution in [0.25, 0.3) is 5.82 Å². The van der Waals surface area contributed by atoms with E-state index in [9.17, 15) is 18.0 Å². The number of nitrogens with zero attached hydrogens (tertiary/aromatic N) is 4. The lowest BCUT2D eigenvalue weighted by Crippen LogP contribution is -2.15. The first kappa shape index (κ1) is 23.9. The van der Waals surface area contributed by atoms with Crippen molar-refractivity contribution in [2.75, 3.05) is 5.32 Å². The van der Waals surface area contributed by atoms with E-state index in [2.05, 4.69) is 20.4 Å².